The summed E-state index contributed by atoms with van der Waals surface area (Å²) in [5.74, 6) is -1.38. The molecule has 114 valence electrons. The monoisotopic (exact) mass is 297 g/mol. The Morgan fingerprint density at radius 2 is 2.19 bits per heavy atom. The number of amides is 1. The molecule has 21 heavy (non-hydrogen) atoms. The minimum Gasteiger partial charge on any atom is -0.391 e. The van der Waals surface area contributed by atoms with Gasteiger partial charge in [0.2, 0.25) is 0 Å². The van der Waals surface area contributed by atoms with Crippen LogP contribution in [0.3, 0.4) is 0 Å². The second-order valence-electron chi connectivity index (χ2n) is 5.56. The second-order valence-corrected chi connectivity index (χ2v) is 5.56. The molecule has 2 fully saturated rings. The summed E-state index contributed by atoms with van der Waals surface area (Å²) in [7, 11) is 0. The van der Waals surface area contributed by atoms with Crippen molar-refractivity contribution in [2.45, 2.75) is 37.5 Å². The molecule has 2 aliphatic rings. The number of ether oxygens (including phenoxy) is 1. The van der Waals surface area contributed by atoms with E-state index in [4.69, 9.17) is 4.74 Å². The Balaban J connectivity index is 1.88. The molecule has 0 aliphatic carbocycles. The first-order valence-corrected chi connectivity index (χ1v) is 7.11. The highest BCUT2D eigenvalue weighted by Gasteiger charge is 2.40. The lowest BCUT2D eigenvalue weighted by atomic mass is 10.0. The van der Waals surface area contributed by atoms with Crippen molar-refractivity contribution in [2.75, 3.05) is 13.2 Å². The number of nitrogens with zero attached hydrogens (tertiary/aromatic N) is 1. The third-order valence-corrected chi connectivity index (χ3v) is 4.08. The van der Waals surface area contributed by atoms with E-state index in [-0.39, 0.29) is 24.4 Å². The fourth-order valence-corrected chi connectivity index (χ4v) is 3.08. The van der Waals surface area contributed by atoms with E-state index in [2.05, 4.69) is 0 Å². The molecule has 4 nitrogen and oxygen atoms in total. The van der Waals surface area contributed by atoms with E-state index in [9.17, 15) is 18.7 Å². The average molecular weight is 297 g/mol. The van der Waals surface area contributed by atoms with Gasteiger partial charge in [-0.1, -0.05) is 0 Å². The topological polar surface area (TPSA) is 49.8 Å². The summed E-state index contributed by atoms with van der Waals surface area (Å²) in [5.41, 5.74) is 0.109. The predicted octanol–water partition coefficient (Wildman–Crippen LogP) is 1.78. The summed E-state index contributed by atoms with van der Waals surface area (Å²) in [4.78, 5) is 13.9. The van der Waals surface area contributed by atoms with Crippen LogP contribution in [-0.2, 0) is 9.53 Å². The molecule has 1 N–H and O–H groups in total. The number of hydrogen-bond donors (Lipinski definition) is 1. The van der Waals surface area contributed by atoms with Crippen LogP contribution < -0.4 is 0 Å². The first-order chi connectivity index (χ1) is 10.1. The normalized spacial score (nSPS) is 29.1. The van der Waals surface area contributed by atoms with Crippen molar-refractivity contribution in [3.8, 4) is 0 Å². The van der Waals surface area contributed by atoms with Gasteiger partial charge in [-0.25, -0.2) is 8.78 Å². The molecule has 6 heteroatoms. The van der Waals surface area contributed by atoms with Gasteiger partial charge in [0.05, 0.1) is 12.1 Å². The fourth-order valence-electron chi connectivity index (χ4n) is 3.08. The minimum atomic E-state index is -0.733. The Morgan fingerprint density at radius 1 is 1.38 bits per heavy atom. The smallest absolute Gasteiger partial charge is 0.252 e. The first-order valence-electron chi connectivity index (χ1n) is 7.11. The number of aliphatic hydroxyl groups excluding tert-OH is 1. The van der Waals surface area contributed by atoms with Crippen LogP contribution in [0.2, 0.25) is 0 Å². The Labute approximate surface area is 121 Å². The molecule has 2 aliphatic heterocycles. The number of likely N-dealkylation sites (tertiary alicyclic amines) is 1. The molecule has 0 spiro atoms. The molecule has 0 aromatic heterocycles. The summed E-state index contributed by atoms with van der Waals surface area (Å²) >= 11 is 0. The molecule has 1 aromatic carbocycles. The molecular weight excluding hydrogens is 280 g/mol. The van der Waals surface area contributed by atoms with Gasteiger partial charge in [0.25, 0.3) is 5.91 Å². The lowest BCUT2D eigenvalue weighted by Crippen LogP contribution is -2.39. The minimum absolute atomic E-state index is 0.109. The van der Waals surface area contributed by atoms with Crippen molar-refractivity contribution in [1.29, 1.82) is 0 Å². The van der Waals surface area contributed by atoms with E-state index in [1.165, 1.54) is 4.90 Å². The maximum atomic E-state index is 13.9. The summed E-state index contributed by atoms with van der Waals surface area (Å²) in [5, 5.41) is 9.83. The number of benzene rings is 1. The number of rotatable bonds is 2. The molecule has 0 radical (unpaired) electrons. The molecule has 2 saturated heterocycles. The van der Waals surface area contributed by atoms with Crippen molar-refractivity contribution in [3.05, 3.63) is 35.4 Å². The van der Waals surface area contributed by atoms with Crippen LogP contribution in [0.15, 0.2) is 18.2 Å². The van der Waals surface area contributed by atoms with E-state index in [1.807, 2.05) is 0 Å². The standard InChI is InChI=1S/C15H17F2NO3/c16-9-3-4-12(17)11(6-9)13-7-10(19)8-18(13)15(20)14-2-1-5-21-14/h3-4,6,10,13-14,19H,1-2,5,7-8H2. The van der Waals surface area contributed by atoms with Gasteiger partial charge < -0.3 is 14.7 Å². The zero-order valence-corrected chi connectivity index (χ0v) is 11.5. The Bertz CT molecular complexity index is 546. The number of halogens is 2. The van der Waals surface area contributed by atoms with Crippen LogP contribution in [0.1, 0.15) is 30.9 Å². The molecule has 1 aromatic rings. The Hall–Kier alpha value is -1.53. The van der Waals surface area contributed by atoms with Crippen LogP contribution in [0.25, 0.3) is 0 Å². The van der Waals surface area contributed by atoms with Gasteiger partial charge in [0.1, 0.15) is 17.7 Å². The van der Waals surface area contributed by atoms with Crippen LogP contribution in [0.4, 0.5) is 8.78 Å². The maximum Gasteiger partial charge on any atom is 0.252 e. The molecule has 0 saturated carbocycles. The number of aliphatic hydroxyl groups is 1. The van der Waals surface area contributed by atoms with E-state index in [0.29, 0.717) is 13.0 Å². The summed E-state index contributed by atoms with van der Waals surface area (Å²) in [6, 6.07) is 2.53. The lowest BCUT2D eigenvalue weighted by Gasteiger charge is -2.27. The Morgan fingerprint density at radius 3 is 2.90 bits per heavy atom. The van der Waals surface area contributed by atoms with Crippen molar-refractivity contribution in [1.82, 2.24) is 4.90 Å². The lowest BCUT2D eigenvalue weighted by molar-refractivity contribution is -0.142. The number of carbonyl (C=O) groups is 1. The molecule has 2 heterocycles. The SMILES string of the molecule is O=C(C1CCCO1)N1CC(O)CC1c1cc(F)ccc1F. The fraction of sp³-hybridized carbons (Fsp3) is 0.533. The van der Waals surface area contributed by atoms with Crippen molar-refractivity contribution in [2.24, 2.45) is 0 Å². The molecule has 3 unspecified atom stereocenters. The highest BCUT2D eigenvalue weighted by Crippen LogP contribution is 2.35. The second kappa shape index (κ2) is 5.69. The van der Waals surface area contributed by atoms with Gasteiger partial charge in [0.15, 0.2) is 0 Å². The zero-order chi connectivity index (χ0) is 15.0. The van der Waals surface area contributed by atoms with E-state index in [0.717, 1.165) is 24.6 Å². The van der Waals surface area contributed by atoms with Gasteiger partial charge in [-0.15, -0.1) is 0 Å². The van der Waals surface area contributed by atoms with E-state index >= 15 is 0 Å². The predicted molar refractivity (Wildman–Crippen MR) is 70.4 cm³/mol. The summed E-state index contributed by atoms with van der Waals surface area (Å²) < 4.78 is 32.7. The van der Waals surface area contributed by atoms with E-state index in [1.54, 1.807) is 0 Å². The van der Waals surface area contributed by atoms with Crippen LogP contribution in [0.5, 0.6) is 0 Å². The van der Waals surface area contributed by atoms with Crippen molar-refractivity contribution < 1.29 is 23.4 Å². The molecule has 3 rings (SSSR count). The summed E-state index contributed by atoms with van der Waals surface area (Å²) in [6.07, 6.45) is 0.381. The number of hydrogen-bond acceptors (Lipinski definition) is 3. The van der Waals surface area contributed by atoms with Crippen molar-refractivity contribution in [3.63, 3.8) is 0 Å². The first kappa shape index (κ1) is 14.4. The third kappa shape index (κ3) is 2.78. The van der Waals surface area contributed by atoms with Gasteiger partial charge in [0, 0.05) is 18.7 Å². The van der Waals surface area contributed by atoms with Crippen LogP contribution in [-0.4, -0.2) is 41.3 Å². The molecule has 1 amide bonds. The molecule has 0 bridgehead atoms. The number of carbonyl (C=O) groups excluding carboxylic acids is 1. The van der Waals surface area contributed by atoms with Crippen LogP contribution >= 0.6 is 0 Å². The largest absolute Gasteiger partial charge is 0.391 e. The van der Waals surface area contributed by atoms with Crippen LogP contribution in [0, 0.1) is 11.6 Å². The van der Waals surface area contributed by atoms with Gasteiger partial charge in [-0.05, 0) is 37.5 Å². The molecule has 3 atom stereocenters. The molecular formula is C15H17F2NO3. The van der Waals surface area contributed by atoms with E-state index < -0.39 is 29.9 Å². The maximum absolute atomic E-state index is 13.9. The third-order valence-electron chi connectivity index (χ3n) is 4.08. The number of β-amino-alcohol motifs (C(OH)–C–C–N with tert-alkyl or cyclic N) is 1. The van der Waals surface area contributed by atoms with Gasteiger partial charge >= 0.3 is 0 Å². The average Bonchev–Trinajstić information content (AvgIpc) is 3.10. The van der Waals surface area contributed by atoms with Crippen molar-refractivity contribution >= 4 is 5.91 Å². The highest BCUT2D eigenvalue weighted by molar-refractivity contribution is 5.82. The highest BCUT2D eigenvalue weighted by atomic mass is 19.1. The Kier molecular flexibility index (Phi) is 3.91. The zero-order valence-electron chi connectivity index (χ0n) is 11.5. The van der Waals surface area contributed by atoms with Gasteiger partial charge in [-0.2, -0.15) is 0 Å². The van der Waals surface area contributed by atoms with Gasteiger partial charge in [-0.3, -0.25) is 4.79 Å². The quantitative estimate of drug-likeness (QED) is 0.905. The summed E-state index contributed by atoms with van der Waals surface area (Å²) in [6.45, 7) is 0.658.